The van der Waals surface area contributed by atoms with E-state index in [1.165, 1.54) is 12.8 Å². The predicted octanol–water partition coefficient (Wildman–Crippen LogP) is 4.00. The summed E-state index contributed by atoms with van der Waals surface area (Å²) in [6.45, 7) is 5.77. The number of amides is 1. The normalized spacial score (nSPS) is 19.2. The summed E-state index contributed by atoms with van der Waals surface area (Å²) >= 11 is 0. The van der Waals surface area contributed by atoms with Gasteiger partial charge < -0.3 is 33.5 Å². The molecule has 1 atom stereocenters. The van der Waals surface area contributed by atoms with Gasteiger partial charge in [-0.2, -0.15) is 0 Å². The first-order valence-corrected chi connectivity index (χ1v) is 12.9. The van der Waals surface area contributed by atoms with Gasteiger partial charge in [0.05, 0.1) is 20.8 Å². The van der Waals surface area contributed by atoms with Crippen LogP contribution in [0.2, 0.25) is 0 Å². The highest BCUT2D eigenvalue weighted by Gasteiger charge is 2.28. The molecule has 0 radical (unpaired) electrons. The minimum Gasteiger partial charge on any atom is -0.493 e. The average Bonchev–Trinajstić information content (AvgIpc) is 3.38. The monoisotopic (exact) mass is 496 g/mol. The molecular formula is C28H36N2O6. The number of benzene rings is 2. The number of nitrogens with zero attached hydrogens (tertiary/aromatic N) is 2. The van der Waals surface area contributed by atoms with Crippen LogP contribution in [0.1, 0.15) is 41.6 Å². The lowest BCUT2D eigenvalue weighted by Gasteiger charge is -2.35. The van der Waals surface area contributed by atoms with Crippen molar-refractivity contribution in [1.29, 1.82) is 0 Å². The highest BCUT2D eigenvalue weighted by molar-refractivity contribution is 5.97. The van der Waals surface area contributed by atoms with E-state index in [0.717, 1.165) is 80.4 Å². The maximum atomic E-state index is 13.2. The summed E-state index contributed by atoms with van der Waals surface area (Å²) in [6.07, 6.45) is 5.31. The number of likely N-dealkylation sites (tertiary alicyclic amines) is 1. The molecule has 0 spiro atoms. The highest BCUT2D eigenvalue weighted by Crippen LogP contribution is 2.35. The Bertz CT molecular complexity index is 1070. The maximum absolute atomic E-state index is 13.2. The van der Waals surface area contributed by atoms with Gasteiger partial charge in [0.2, 0.25) is 6.79 Å². The second-order valence-electron chi connectivity index (χ2n) is 9.72. The van der Waals surface area contributed by atoms with Gasteiger partial charge in [0.15, 0.2) is 23.0 Å². The molecule has 1 unspecified atom stereocenters. The van der Waals surface area contributed by atoms with Crippen molar-refractivity contribution in [3.05, 3.63) is 41.5 Å². The van der Waals surface area contributed by atoms with Crippen molar-refractivity contribution < 1.29 is 28.5 Å². The Morgan fingerprint density at radius 2 is 1.83 bits per heavy atom. The van der Waals surface area contributed by atoms with Gasteiger partial charge in [0, 0.05) is 37.8 Å². The van der Waals surface area contributed by atoms with Crippen LogP contribution >= 0.6 is 0 Å². The highest BCUT2D eigenvalue weighted by atomic mass is 16.7. The van der Waals surface area contributed by atoms with E-state index in [-0.39, 0.29) is 12.7 Å². The topological polar surface area (TPSA) is 69.7 Å². The number of hydrogen-bond donors (Lipinski definition) is 0. The number of piperidine rings is 1. The van der Waals surface area contributed by atoms with Crippen molar-refractivity contribution in [2.24, 2.45) is 5.92 Å². The molecule has 2 aromatic carbocycles. The largest absolute Gasteiger partial charge is 0.493 e. The van der Waals surface area contributed by atoms with Crippen molar-refractivity contribution in [3.8, 4) is 28.7 Å². The fourth-order valence-corrected chi connectivity index (χ4v) is 5.44. The fraction of sp³-hybridized carbons (Fsp3) is 0.536. The van der Waals surface area contributed by atoms with E-state index in [4.69, 9.17) is 23.7 Å². The first-order valence-electron chi connectivity index (χ1n) is 12.9. The summed E-state index contributed by atoms with van der Waals surface area (Å²) in [4.78, 5) is 17.7. The lowest BCUT2D eigenvalue weighted by Crippen LogP contribution is -2.41. The van der Waals surface area contributed by atoms with Gasteiger partial charge in [-0.15, -0.1) is 0 Å². The number of fused-ring (bicyclic) bond motifs is 2. The molecule has 3 heterocycles. The number of hydrogen-bond acceptors (Lipinski definition) is 7. The fourth-order valence-electron chi connectivity index (χ4n) is 5.44. The van der Waals surface area contributed by atoms with E-state index < -0.39 is 0 Å². The average molecular weight is 497 g/mol. The number of ether oxygens (including phenoxy) is 5. The van der Waals surface area contributed by atoms with Crippen LogP contribution < -0.4 is 23.7 Å². The third-order valence-corrected chi connectivity index (χ3v) is 7.42. The van der Waals surface area contributed by atoms with Gasteiger partial charge in [-0.05, 0) is 74.4 Å². The predicted molar refractivity (Wildman–Crippen MR) is 136 cm³/mol. The van der Waals surface area contributed by atoms with Crippen LogP contribution in [-0.4, -0.2) is 76.1 Å². The smallest absolute Gasteiger partial charge is 0.254 e. The van der Waals surface area contributed by atoms with Crippen LogP contribution in [0, 0.1) is 5.92 Å². The van der Waals surface area contributed by atoms with Gasteiger partial charge in [0.1, 0.15) is 5.75 Å². The van der Waals surface area contributed by atoms with Crippen LogP contribution in [0.15, 0.2) is 30.3 Å². The number of carbonyl (C=O) groups is 1. The molecule has 1 saturated heterocycles. The van der Waals surface area contributed by atoms with E-state index in [0.29, 0.717) is 24.0 Å². The summed E-state index contributed by atoms with van der Waals surface area (Å²) in [5.74, 6) is 4.36. The Kier molecular flexibility index (Phi) is 7.70. The Morgan fingerprint density at radius 3 is 2.69 bits per heavy atom. The van der Waals surface area contributed by atoms with E-state index in [1.54, 1.807) is 14.2 Å². The maximum Gasteiger partial charge on any atom is 0.254 e. The Hall–Kier alpha value is -3.13. The molecule has 2 aromatic rings. The lowest BCUT2D eigenvalue weighted by atomic mass is 9.93. The Balaban J connectivity index is 1.06. The molecule has 0 aromatic heterocycles. The number of carbonyl (C=O) groups excluding carboxylic acids is 1. The summed E-state index contributed by atoms with van der Waals surface area (Å²) in [7, 11) is 3.23. The number of rotatable bonds is 10. The van der Waals surface area contributed by atoms with E-state index in [2.05, 4.69) is 4.90 Å². The molecule has 5 rings (SSSR count). The SMILES string of the molecule is COc1cc2c(cc1OC)C(=O)N(CCC1CCCN(CCCOc3ccc4c(c3)OCO4)C1)CC2. The van der Waals surface area contributed by atoms with Gasteiger partial charge in [-0.3, -0.25) is 4.79 Å². The summed E-state index contributed by atoms with van der Waals surface area (Å²) in [6, 6.07) is 9.49. The third kappa shape index (κ3) is 5.48. The molecule has 8 heteroatoms. The molecule has 1 amide bonds. The quantitative estimate of drug-likeness (QED) is 0.461. The molecule has 0 saturated carbocycles. The van der Waals surface area contributed by atoms with Crippen molar-refractivity contribution >= 4 is 5.91 Å². The number of methoxy groups -OCH3 is 2. The van der Waals surface area contributed by atoms with E-state index >= 15 is 0 Å². The molecular weight excluding hydrogens is 460 g/mol. The standard InChI is InChI=1S/C28H36N2O6/c1-32-25-15-21-9-13-30(28(31)23(21)17-26(25)33-2)12-8-20-5-3-10-29(18-20)11-4-14-34-22-6-7-24-27(16-22)36-19-35-24/h6-7,15-17,20H,3-5,8-14,18-19H2,1-2H3. The lowest BCUT2D eigenvalue weighted by molar-refractivity contribution is 0.0713. The van der Waals surface area contributed by atoms with Gasteiger partial charge >= 0.3 is 0 Å². The van der Waals surface area contributed by atoms with Crippen LogP contribution in [0.25, 0.3) is 0 Å². The van der Waals surface area contributed by atoms with Gasteiger partial charge in [0.25, 0.3) is 5.91 Å². The van der Waals surface area contributed by atoms with Gasteiger partial charge in [-0.1, -0.05) is 0 Å². The van der Waals surface area contributed by atoms with Crippen molar-refractivity contribution in [3.63, 3.8) is 0 Å². The zero-order chi connectivity index (χ0) is 24.9. The molecule has 8 nitrogen and oxygen atoms in total. The zero-order valence-corrected chi connectivity index (χ0v) is 21.3. The Labute approximate surface area is 213 Å². The molecule has 0 N–H and O–H groups in total. The molecule has 36 heavy (non-hydrogen) atoms. The first-order chi connectivity index (χ1) is 17.6. The van der Waals surface area contributed by atoms with E-state index in [9.17, 15) is 4.79 Å². The Morgan fingerprint density at radius 1 is 1.00 bits per heavy atom. The summed E-state index contributed by atoms with van der Waals surface area (Å²) < 4.78 is 27.5. The van der Waals surface area contributed by atoms with Crippen molar-refractivity contribution in [1.82, 2.24) is 9.80 Å². The van der Waals surface area contributed by atoms with Crippen LogP contribution in [0.5, 0.6) is 28.7 Å². The third-order valence-electron chi connectivity index (χ3n) is 7.42. The molecule has 3 aliphatic rings. The minimum absolute atomic E-state index is 0.102. The van der Waals surface area contributed by atoms with Crippen molar-refractivity contribution in [2.75, 3.05) is 60.3 Å². The van der Waals surface area contributed by atoms with Crippen molar-refractivity contribution in [2.45, 2.75) is 32.1 Å². The second kappa shape index (κ2) is 11.3. The minimum atomic E-state index is 0.102. The van der Waals surface area contributed by atoms with Crippen LogP contribution in [-0.2, 0) is 6.42 Å². The van der Waals surface area contributed by atoms with Gasteiger partial charge in [-0.25, -0.2) is 0 Å². The summed E-state index contributed by atoms with van der Waals surface area (Å²) in [5, 5.41) is 0. The van der Waals surface area contributed by atoms with Crippen LogP contribution in [0.4, 0.5) is 0 Å². The molecule has 0 aliphatic carbocycles. The molecule has 194 valence electrons. The summed E-state index contributed by atoms with van der Waals surface area (Å²) in [5.41, 5.74) is 1.78. The zero-order valence-electron chi connectivity index (χ0n) is 21.3. The van der Waals surface area contributed by atoms with Crippen LogP contribution in [0.3, 0.4) is 0 Å². The molecule has 1 fully saturated rings. The molecule has 0 bridgehead atoms. The first kappa shape index (κ1) is 24.6. The second-order valence-corrected chi connectivity index (χ2v) is 9.72. The van der Waals surface area contributed by atoms with E-state index in [1.807, 2.05) is 35.2 Å². The molecule has 3 aliphatic heterocycles.